The van der Waals surface area contributed by atoms with Crippen LogP contribution in [-0.4, -0.2) is 46.0 Å². The van der Waals surface area contributed by atoms with Gasteiger partial charge in [-0.2, -0.15) is 0 Å². The highest BCUT2D eigenvalue weighted by molar-refractivity contribution is 5.98. The Bertz CT molecular complexity index is 719. The summed E-state index contributed by atoms with van der Waals surface area (Å²) >= 11 is 0. The number of carboxylic acids is 1. The summed E-state index contributed by atoms with van der Waals surface area (Å²) in [6.45, 7) is 1.83. The lowest BCUT2D eigenvalue weighted by atomic mass is 10.1. The Hall–Kier alpha value is -2.96. The predicted molar refractivity (Wildman–Crippen MR) is 82.5 cm³/mol. The minimum atomic E-state index is -1.12. The number of carbonyl (C=O) groups excluding carboxylic acids is 1. The fraction of sp³-hybridized carbons (Fsp3) is 0.250. The van der Waals surface area contributed by atoms with E-state index in [4.69, 9.17) is 9.84 Å². The molecule has 1 atom stereocenters. The summed E-state index contributed by atoms with van der Waals surface area (Å²) in [4.78, 5) is 33.3. The van der Waals surface area contributed by atoms with Crippen molar-refractivity contribution in [3.8, 4) is 5.75 Å². The highest BCUT2D eigenvalue weighted by atomic mass is 16.5. The van der Waals surface area contributed by atoms with Crippen LogP contribution in [0, 0.1) is 0 Å². The number of carboxylic acid groups (broad SMARTS) is 1. The molecule has 0 radical (unpaired) electrons. The zero-order valence-corrected chi connectivity index (χ0v) is 13.1. The lowest BCUT2D eigenvalue weighted by Gasteiger charge is -2.24. The molecule has 0 saturated heterocycles. The first kappa shape index (κ1) is 16.4. The van der Waals surface area contributed by atoms with E-state index in [2.05, 4.69) is 9.97 Å². The molecule has 1 amide bonds. The van der Waals surface area contributed by atoms with Gasteiger partial charge in [-0.15, -0.1) is 0 Å². The summed E-state index contributed by atoms with van der Waals surface area (Å²) < 4.78 is 5.07. The molecule has 0 aliphatic carbocycles. The molecule has 0 aliphatic heterocycles. The van der Waals surface area contributed by atoms with Crippen molar-refractivity contribution in [2.24, 2.45) is 0 Å². The lowest BCUT2D eigenvalue weighted by Crippen LogP contribution is -2.30. The number of benzene rings is 1. The van der Waals surface area contributed by atoms with E-state index in [-0.39, 0.29) is 23.1 Å². The van der Waals surface area contributed by atoms with Gasteiger partial charge in [0.25, 0.3) is 5.91 Å². The van der Waals surface area contributed by atoms with Crippen molar-refractivity contribution in [1.82, 2.24) is 14.9 Å². The Morgan fingerprint density at radius 2 is 1.96 bits per heavy atom. The number of ether oxygens (including phenoxy) is 1. The molecule has 1 aromatic heterocycles. The number of amides is 1. The van der Waals surface area contributed by atoms with Crippen LogP contribution in [0.1, 0.15) is 39.4 Å². The maximum absolute atomic E-state index is 12.6. The standard InChI is InChI=1S/C16H17N3O4/c1-10(14-4-5-17-9-18-14)19(2)15(20)11-6-12(16(21)22)8-13(7-11)23-3/h4-10H,1-3H3,(H,21,22). The van der Waals surface area contributed by atoms with Gasteiger partial charge in [-0.1, -0.05) is 0 Å². The van der Waals surface area contributed by atoms with E-state index in [1.807, 2.05) is 6.92 Å². The first-order valence-electron chi connectivity index (χ1n) is 6.89. The molecule has 2 rings (SSSR count). The molecular formula is C16H17N3O4. The molecule has 0 spiro atoms. The molecule has 120 valence electrons. The SMILES string of the molecule is COc1cc(C(=O)O)cc(C(=O)N(C)C(C)c2ccncn2)c1. The summed E-state index contributed by atoms with van der Waals surface area (Å²) in [7, 11) is 3.05. The molecule has 0 bridgehead atoms. The molecule has 7 heteroatoms. The number of rotatable bonds is 5. The first-order chi connectivity index (χ1) is 10.9. The van der Waals surface area contributed by atoms with Crippen molar-refractivity contribution in [2.75, 3.05) is 14.2 Å². The van der Waals surface area contributed by atoms with Crippen molar-refractivity contribution in [2.45, 2.75) is 13.0 Å². The minimum absolute atomic E-state index is 0.00390. The van der Waals surface area contributed by atoms with Crippen LogP contribution in [0.3, 0.4) is 0 Å². The van der Waals surface area contributed by atoms with Crippen LogP contribution in [-0.2, 0) is 0 Å². The second-order valence-electron chi connectivity index (χ2n) is 4.98. The van der Waals surface area contributed by atoms with Gasteiger partial charge in [0.05, 0.1) is 24.4 Å². The molecular weight excluding hydrogens is 298 g/mol. The smallest absolute Gasteiger partial charge is 0.335 e. The maximum Gasteiger partial charge on any atom is 0.335 e. The van der Waals surface area contributed by atoms with E-state index < -0.39 is 5.97 Å². The third-order valence-electron chi connectivity index (χ3n) is 3.57. The fourth-order valence-corrected chi connectivity index (χ4v) is 2.09. The summed E-state index contributed by atoms with van der Waals surface area (Å²) in [5.74, 6) is -1.13. The van der Waals surface area contributed by atoms with E-state index in [0.29, 0.717) is 11.4 Å². The van der Waals surface area contributed by atoms with Crippen LogP contribution in [0.4, 0.5) is 0 Å². The molecule has 0 fully saturated rings. The zero-order valence-electron chi connectivity index (χ0n) is 13.1. The maximum atomic E-state index is 12.6. The molecule has 1 N–H and O–H groups in total. The third kappa shape index (κ3) is 3.63. The molecule has 1 aromatic carbocycles. The van der Waals surface area contributed by atoms with Gasteiger partial charge in [0.2, 0.25) is 0 Å². The van der Waals surface area contributed by atoms with Gasteiger partial charge in [-0.25, -0.2) is 14.8 Å². The molecule has 1 unspecified atom stereocenters. The van der Waals surface area contributed by atoms with Gasteiger partial charge in [-0.05, 0) is 31.2 Å². The van der Waals surface area contributed by atoms with Gasteiger partial charge in [-0.3, -0.25) is 4.79 Å². The second kappa shape index (κ2) is 6.87. The van der Waals surface area contributed by atoms with Gasteiger partial charge < -0.3 is 14.7 Å². The normalized spacial score (nSPS) is 11.6. The molecule has 0 aliphatic rings. The van der Waals surface area contributed by atoms with Gasteiger partial charge in [0, 0.05) is 18.8 Å². The highest BCUT2D eigenvalue weighted by Gasteiger charge is 2.21. The Balaban J connectivity index is 2.32. The minimum Gasteiger partial charge on any atom is -0.497 e. The number of carbonyl (C=O) groups is 2. The average Bonchev–Trinajstić information content (AvgIpc) is 2.59. The van der Waals surface area contributed by atoms with E-state index in [9.17, 15) is 9.59 Å². The van der Waals surface area contributed by atoms with Gasteiger partial charge in [0.1, 0.15) is 12.1 Å². The van der Waals surface area contributed by atoms with Crippen LogP contribution in [0.25, 0.3) is 0 Å². The van der Waals surface area contributed by atoms with Gasteiger partial charge in [0.15, 0.2) is 0 Å². The third-order valence-corrected chi connectivity index (χ3v) is 3.57. The van der Waals surface area contributed by atoms with E-state index in [1.165, 1.54) is 36.5 Å². The number of methoxy groups -OCH3 is 1. The summed E-state index contributed by atoms with van der Waals surface area (Å²) in [5, 5.41) is 9.14. The Kier molecular flexibility index (Phi) is 4.90. The average molecular weight is 315 g/mol. The van der Waals surface area contributed by atoms with Gasteiger partial charge >= 0.3 is 5.97 Å². The van der Waals surface area contributed by atoms with Crippen molar-refractivity contribution >= 4 is 11.9 Å². The Labute approximate surface area is 133 Å². The largest absolute Gasteiger partial charge is 0.497 e. The van der Waals surface area contributed by atoms with Crippen LogP contribution >= 0.6 is 0 Å². The quantitative estimate of drug-likeness (QED) is 0.907. The Morgan fingerprint density at radius 1 is 1.26 bits per heavy atom. The Morgan fingerprint density at radius 3 is 2.52 bits per heavy atom. The van der Waals surface area contributed by atoms with E-state index >= 15 is 0 Å². The van der Waals surface area contributed by atoms with Crippen molar-refractivity contribution in [3.63, 3.8) is 0 Å². The number of aromatic nitrogens is 2. The topological polar surface area (TPSA) is 92.6 Å². The van der Waals surface area contributed by atoms with E-state index in [0.717, 1.165) is 0 Å². The number of hydrogen-bond acceptors (Lipinski definition) is 5. The molecule has 2 aromatic rings. The molecule has 0 saturated carbocycles. The predicted octanol–water partition coefficient (Wildman–Crippen LogP) is 2.02. The molecule has 7 nitrogen and oxygen atoms in total. The number of aromatic carboxylic acids is 1. The zero-order chi connectivity index (χ0) is 17.0. The summed E-state index contributed by atoms with van der Waals surface area (Å²) in [5.41, 5.74) is 0.929. The van der Waals surface area contributed by atoms with Crippen LogP contribution in [0.5, 0.6) is 5.75 Å². The lowest BCUT2D eigenvalue weighted by molar-refractivity contribution is 0.0696. The molecule has 1 heterocycles. The van der Waals surface area contributed by atoms with Crippen LogP contribution in [0.15, 0.2) is 36.8 Å². The molecule has 23 heavy (non-hydrogen) atoms. The summed E-state index contributed by atoms with van der Waals surface area (Å²) in [6.07, 6.45) is 3.02. The fourth-order valence-electron chi connectivity index (χ4n) is 2.09. The highest BCUT2D eigenvalue weighted by Crippen LogP contribution is 2.22. The van der Waals surface area contributed by atoms with Crippen molar-refractivity contribution < 1.29 is 19.4 Å². The monoisotopic (exact) mass is 315 g/mol. The van der Waals surface area contributed by atoms with E-state index in [1.54, 1.807) is 19.3 Å². The second-order valence-corrected chi connectivity index (χ2v) is 4.98. The van der Waals surface area contributed by atoms with Crippen molar-refractivity contribution in [3.05, 3.63) is 53.6 Å². The van der Waals surface area contributed by atoms with Crippen LogP contribution < -0.4 is 4.74 Å². The number of hydrogen-bond donors (Lipinski definition) is 1. The van der Waals surface area contributed by atoms with Crippen LogP contribution in [0.2, 0.25) is 0 Å². The summed E-state index contributed by atoms with van der Waals surface area (Å²) in [6, 6.07) is 5.65. The van der Waals surface area contributed by atoms with Crippen molar-refractivity contribution in [1.29, 1.82) is 0 Å². The first-order valence-corrected chi connectivity index (χ1v) is 6.89. The number of nitrogens with zero attached hydrogens (tertiary/aromatic N) is 3.